The summed E-state index contributed by atoms with van der Waals surface area (Å²) in [4.78, 5) is 4.42. The zero-order chi connectivity index (χ0) is 9.68. The van der Waals surface area contributed by atoms with Gasteiger partial charge in [-0.15, -0.1) is 0 Å². The number of aromatic nitrogens is 1. The number of hydrogen-bond acceptors (Lipinski definition) is 3. The summed E-state index contributed by atoms with van der Waals surface area (Å²) in [7, 11) is 0. The zero-order valence-electron chi connectivity index (χ0n) is 8.16. The Hall–Kier alpha value is -0.540. The first-order valence-corrected chi connectivity index (χ1v) is 5.51. The summed E-state index contributed by atoms with van der Waals surface area (Å²) in [5.41, 5.74) is 7.75. The summed E-state index contributed by atoms with van der Waals surface area (Å²) < 4.78 is 0. The van der Waals surface area contributed by atoms with Gasteiger partial charge >= 0.3 is 0 Å². The van der Waals surface area contributed by atoms with Gasteiger partial charge in [-0.3, -0.25) is 4.98 Å². The minimum Gasteiger partial charge on any atom is -0.329 e. The lowest BCUT2D eigenvalue weighted by Crippen LogP contribution is -2.12. The average Bonchev–Trinajstić information content (AvgIpc) is 2.14. The first-order chi connectivity index (χ1) is 6.22. The van der Waals surface area contributed by atoms with Crippen molar-refractivity contribution in [1.29, 1.82) is 0 Å². The lowest BCUT2D eigenvalue weighted by Gasteiger charge is -2.07. The van der Waals surface area contributed by atoms with E-state index < -0.39 is 0 Å². The largest absolute Gasteiger partial charge is 0.329 e. The van der Waals surface area contributed by atoms with Gasteiger partial charge < -0.3 is 5.73 Å². The summed E-state index contributed by atoms with van der Waals surface area (Å²) in [6.07, 6.45) is 0. The summed E-state index contributed by atoms with van der Waals surface area (Å²) in [6, 6.07) is 6.12. The van der Waals surface area contributed by atoms with E-state index in [0.717, 1.165) is 23.7 Å². The highest BCUT2D eigenvalue weighted by molar-refractivity contribution is 7.99. The van der Waals surface area contributed by atoms with Crippen LogP contribution < -0.4 is 5.73 Å². The van der Waals surface area contributed by atoms with E-state index in [-0.39, 0.29) is 0 Å². The molecule has 3 heteroatoms. The number of pyridine rings is 1. The first-order valence-electron chi connectivity index (χ1n) is 4.46. The molecule has 0 radical (unpaired) electrons. The molecule has 2 N–H and O–H groups in total. The Morgan fingerprint density at radius 3 is 2.92 bits per heavy atom. The van der Waals surface area contributed by atoms with Crippen molar-refractivity contribution in [3.63, 3.8) is 0 Å². The number of nitrogens with two attached hydrogens (primary N) is 1. The summed E-state index contributed by atoms with van der Waals surface area (Å²) in [5, 5.41) is 0.516. The molecule has 0 bridgehead atoms. The van der Waals surface area contributed by atoms with Crippen molar-refractivity contribution in [1.82, 2.24) is 4.98 Å². The SMILES string of the molecule is Cc1cccc(CSC(C)CN)n1. The fourth-order valence-electron chi connectivity index (χ4n) is 0.976. The van der Waals surface area contributed by atoms with Crippen LogP contribution in [0.1, 0.15) is 18.3 Å². The van der Waals surface area contributed by atoms with Crippen LogP contribution in [0, 0.1) is 6.92 Å². The second-order valence-electron chi connectivity index (χ2n) is 3.13. The van der Waals surface area contributed by atoms with Crippen LogP contribution in [0.5, 0.6) is 0 Å². The molecular weight excluding hydrogens is 180 g/mol. The monoisotopic (exact) mass is 196 g/mol. The van der Waals surface area contributed by atoms with Crippen LogP contribution in [0.2, 0.25) is 0 Å². The molecule has 0 aromatic carbocycles. The van der Waals surface area contributed by atoms with Gasteiger partial charge in [-0.05, 0) is 19.1 Å². The summed E-state index contributed by atoms with van der Waals surface area (Å²) in [6.45, 7) is 4.89. The van der Waals surface area contributed by atoms with E-state index >= 15 is 0 Å². The highest BCUT2D eigenvalue weighted by Crippen LogP contribution is 2.15. The molecule has 13 heavy (non-hydrogen) atoms. The van der Waals surface area contributed by atoms with Crippen LogP contribution >= 0.6 is 11.8 Å². The van der Waals surface area contributed by atoms with E-state index in [1.54, 1.807) is 0 Å². The smallest absolute Gasteiger partial charge is 0.0505 e. The fraction of sp³-hybridized carbons (Fsp3) is 0.500. The Bertz CT molecular complexity index is 263. The molecule has 0 aliphatic rings. The minimum absolute atomic E-state index is 0.516. The highest BCUT2D eigenvalue weighted by atomic mass is 32.2. The molecule has 0 fully saturated rings. The van der Waals surface area contributed by atoms with Gasteiger partial charge in [-0.25, -0.2) is 0 Å². The Balaban J connectivity index is 2.45. The molecule has 72 valence electrons. The van der Waals surface area contributed by atoms with E-state index in [0.29, 0.717) is 5.25 Å². The third-order valence-electron chi connectivity index (χ3n) is 1.79. The van der Waals surface area contributed by atoms with Crippen molar-refractivity contribution in [2.45, 2.75) is 24.9 Å². The lowest BCUT2D eigenvalue weighted by molar-refractivity contribution is 0.948. The van der Waals surface area contributed by atoms with Crippen molar-refractivity contribution in [3.8, 4) is 0 Å². The van der Waals surface area contributed by atoms with Crippen molar-refractivity contribution in [2.75, 3.05) is 6.54 Å². The second kappa shape index (κ2) is 5.25. The highest BCUT2D eigenvalue weighted by Gasteiger charge is 2.00. The molecule has 0 saturated heterocycles. The standard InChI is InChI=1S/C10H16N2S/c1-8-4-3-5-10(12-8)7-13-9(2)6-11/h3-5,9H,6-7,11H2,1-2H3. The molecule has 1 atom stereocenters. The van der Waals surface area contributed by atoms with E-state index in [1.807, 2.05) is 30.8 Å². The topological polar surface area (TPSA) is 38.9 Å². The quantitative estimate of drug-likeness (QED) is 0.800. The van der Waals surface area contributed by atoms with Crippen LogP contribution in [-0.4, -0.2) is 16.8 Å². The molecule has 0 amide bonds. The second-order valence-corrected chi connectivity index (χ2v) is 4.55. The normalized spacial score (nSPS) is 12.8. The van der Waals surface area contributed by atoms with Gasteiger partial charge in [0.25, 0.3) is 0 Å². The molecule has 1 aromatic heterocycles. The molecular formula is C10H16N2S. The van der Waals surface area contributed by atoms with E-state index in [2.05, 4.69) is 18.0 Å². The number of nitrogens with zero attached hydrogens (tertiary/aromatic N) is 1. The Morgan fingerprint density at radius 2 is 2.31 bits per heavy atom. The van der Waals surface area contributed by atoms with Crippen LogP contribution in [0.15, 0.2) is 18.2 Å². The first kappa shape index (κ1) is 10.5. The van der Waals surface area contributed by atoms with Gasteiger partial charge in [0.2, 0.25) is 0 Å². The van der Waals surface area contributed by atoms with Gasteiger partial charge in [0.05, 0.1) is 5.69 Å². The van der Waals surface area contributed by atoms with Gasteiger partial charge in [0.15, 0.2) is 0 Å². The van der Waals surface area contributed by atoms with Crippen LogP contribution in [0.25, 0.3) is 0 Å². The Kier molecular flexibility index (Phi) is 4.25. The van der Waals surface area contributed by atoms with E-state index in [1.165, 1.54) is 0 Å². The van der Waals surface area contributed by atoms with Gasteiger partial charge in [0, 0.05) is 23.2 Å². The molecule has 0 spiro atoms. The fourth-order valence-corrected chi connectivity index (χ4v) is 1.73. The van der Waals surface area contributed by atoms with Gasteiger partial charge in [-0.2, -0.15) is 11.8 Å². The van der Waals surface area contributed by atoms with Gasteiger partial charge in [0.1, 0.15) is 0 Å². The summed E-state index contributed by atoms with van der Waals surface area (Å²) in [5.74, 6) is 0.958. The van der Waals surface area contributed by atoms with Crippen molar-refractivity contribution in [2.24, 2.45) is 5.73 Å². The third kappa shape index (κ3) is 3.79. The summed E-state index contributed by atoms with van der Waals surface area (Å²) >= 11 is 1.85. The van der Waals surface area contributed by atoms with Gasteiger partial charge in [-0.1, -0.05) is 13.0 Å². The third-order valence-corrected chi connectivity index (χ3v) is 3.02. The van der Waals surface area contributed by atoms with Crippen molar-refractivity contribution in [3.05, 3.63) is 29.6 Å². The molecule has 0 aliphatic heterocycles. The molecule has 2 nitrogen and oxygen atoms in total. The predicted molar refractivity (Wildman–Crippen MR) is 58.8 cm³/mol. The number of thioether (sulfide) groups is 1. The van der Waals surface area contributed by atoms with Crippen LogP contribution in [0.3, 0.4) is 0 Å². The molecule has 0 aliphatic carbocycles. The van der Waals surface area contributed by atoms with Crippen molar-refractivity contribution < 1.29 is 0 Å². The maximum Gasteiger partial charge on any atom is 0.0505 e. The van der Waals surface area contributed by atoms with Crippen LogP contribution in [-0.2, 0) is 5.75 Å². The maximum absolute atomic E-state index is 5.52. The minimum atomic E-state index is 0.516. The lowest BCUT2D eigenvalue weighted by atomic mass is 10.3. The molecule has 1 heterocycles. The van der Waals surface area contributed by atoms with E-state index in [4.69, 9.17) is 5.73 Å². The Labute approximate surface area is 83.9 Å². The maximum atomic E-state index is 5.52. The number of aryl methyl sites for hydroxylation is 1. The Morgan fingerprint density at radius 1 is 1.54 bits per heavy atom. The number of hydrogen-bond donors (Lipinski definition) is 1. The molecule has 0 saturated carbocycles. The van der Waals surface area contributed by atoms with Crippen molar-refractivity contribution >= 4 is 11.8 Å². The van der Waals surface area contributed by atoms with Crippen LogP contribution in [0.4, 0.5) is 0 Å². The molecule has 1 rings (SSSR count). The zero-order valence-corrected chi connectivity index (χ0v) is 8.97. The van der Waals surface area contributed by atoms with E-state index in [9.17, 15) is 0 Å². The molecule has 1 unspecified atom stereocenters. The average molecular weight is 196 g/mol. The number of rotatable bonds is 4. The molecule has 1 aromatic rings. The predicted octanol–water partition coefficient (Wildman–Crippen LogP) is 1.97.